The third-order valence-corrected chi connectivity index (χ3v) is 6.04. The molecule has 24 heavy (non-hydrogen) atoms. The molecule has 2 unspecified atom stereocenters. The van der Waals surface area contributed by atoms with Crippen molar-refractivity contribution in [1.82, 2.24) is 4.31 Å². The number of benzene rings is 1. The highest BCUT2D eigenvalue weighted by Gasteiger charge is 2.36. The number of carboxylic acids is 1. The Kier molecular flexibility index (Phi) is 5.29. The van der Waals surface area contributed by atoms with Crippen LogP contribution in [0.4, 0.5) is 0 Å². The number of aliphatic carboxylic acids is 1. The molecule has 8 heteroatoms. The molecule has 0 aliphatic carbocycles. The summed E-state index contributed by atoms with van der Waals surface area (Å²) in [5.41, 5.74) is 0.787. The monoisotopic (exact) mass is 355 g/mol. The van der Waals surface area contributed by atoms with Crippen LogP contribution in [0.5, 0.6) is 0 Å². The number of carbonyl (C=O) groups excluding carboxylic acids is 1. The molecule has 0 spiro atoms. The van der Waals surface area contributed by atoms with Gasteiger partial charge < -0.3 is 9.84 Å². The number of esters is 1. The molecule has 132 valence electrons. The SMILES string of the molecule is COC(=O)c1ccc(S(=O)(=O)N2CC(C)CC(C(=O)O)C2)cc1C. The maximum absolute atomic E-state index is 12.8. The lowest BCUT2D eigenvalue weighted by Gasteiger charge is -2.33. The molecular weight excluding hydrogens is 334 g/mol. The fourth-order valence-corrected chi connectivity index (χ4v) is 4.65. The highest BCUT2D eigenvalue weighted by Crippen LogP contribution is 2.28. The van der Waals surface area contributed by atoms with E-state index in [1.54, 1.807) is 6.92 Å². The van der Waals surface area contributed by atoms with Crippen molar-refractivity contribution in [3.63, 3.8) is 0 Å². The summed E-state index contributed by atoms with van der Waals surface area (Å²) in [4.78, 5) is 22.9. The van der Waals surface area contributed by atoms with Crippen LogP contribution in [0.25, 0.3) is 0 Å². The Morgan fingerprint density at radius 1 is 1.29 bits per heavy atom. The van der Waals surface area contributed by atoms with Gasteiger partial charge in [0.15, 0.2) is 0 Å². The van der Waals surface area contributed by atoms with E-state index in [1.165, 1.54) is 29.6 Å². The third-order valence-electron chi connectivity index (χ3n) is 4.22. The highest BCUT2D eigenvalue weighted by atomic mass is 32.2. The Balaban J connectivity index is 2.34. The van der Waals surface area contributed by atoms with Gasteiger partial charge >= 0.3 is 11.9 Å². The smallest absolute Gasteiger partial charge is 0.338 e. The largest absolute Gasteiger partial charge is 0.481 e. The fourth-order valence-electron chi connectivity index (χ4n) is 2.96. The Morgan fingerprint density at radius 3 is 2.50 bits per heavy atom. The molecule has 1 saturated heterocycles. The van der Waals surface area contributed by atoms with Crippen LogP contribution in [-0.4, -0.2) is 50.0 Å². The second-order valence-corrected chi connectivity index (χ2v) is 8.10. The molecule has 1 aromatic carbocycles. The van der Waals surface area contributed by atoms with E-state index in [0.29, 0.717) is 17.5 Å². The number of methoxy groups -OCH3 is 1. The molecule has 0 aromatic heterocycles. The van der Waals surface area contributed by atoms with Gasteiger partial charge in [-0.15, -0.1) is 0 Å². The first-order valence-corrected chi connectivity index (χ1v) is 9.02. The van der Waals surface area contributed by atoms with E-state index in [2.05, 4.69) is 4.74 Å². The third kappa shape index (κ3) is 3.59. The van der Waals surface area contributed by atoms with E-state index in [9.17, 15) is 23.1 Å². The lowest BCUT2D eigenvalue weighted by Crippen LogP contribution is -2.45. The van der Waals surface area contributed by atoms with Crippen LogP contribution < -0.4 is 0 Å². The van der Waals surface area contributed by atoms with Crippen LogP contribution in [0.2, 0.25) is 0 Å². The minimum absolute atomic E-state index is 0.0370. The lowest BCUT2D eigenvalue weighted by atomic mass is 9.92. The number of hydrogen-bond donors (Lipinski definition) is 1. The molecular formula is C16H21NO6S. The van der Waals surface area contributed by atoms with Crippen molar-refractivity contribution in [2.24, 2.45) is 11.8 Å². The Morgan fingerprint density at radius 2 is 1.96 bits per heavy atom. The first-order chi connectivity index (χ1) is 11.2. The number of rotatable bonds is 4. The standard InChI is InChI=1S/C16H21NO6S/c1-10-6-12(15(18)19)9-17(8-10)24(21,22)13-4-5-14(11(2)7-13)16(20)23-3/h4-5,7,10,12H,6,8-9H2,1-3H3,(H,18,19). The Hall–Kier alpha value is -1.93. The molecule has 0 saturated carbocycles. The van der Waals surface area contributed by atoms with E-state index >= 15 is 0 Å². The molecule has 1 fully saturated rings. The maximum atomic E-state index is 12.8. The molecule has 7 nitrogen and oxygen atoms in total. The normalized spacial score (nSPS) is 22.1. The summed E-state index contributed by atoms with van der Waals surface area (Å²) in [5.74, 6) is -2.27. The van der Waals surface area contributed by atoms with Crippen LogP contribution >= 0.6 is 0 Å². The quantitative estimate of drug-likeness (QED) is 0.822. The first-order valence-electron chi connectivity index (χ1n) is 7.58. The predicted molar refractivity (Wildman–Crippen MR) is 86.2 cm³/mol. The van der Waals surface area contributed by atoms with Crippen LogP contribution in [0, 0.1) is 18.8 Å². The van der Waals surface area contributed by atoms with E-state index in [0.717, 1.165) is 0 Å². The van der Waals surface area contributed by atoms with Crippen molar-refractivity contribution in [2.45, 2.75) is 25.2 Å². The van der Waals surface area contributed by atoms with Gasteiger partial charge in [0.25, 0.3) is 0 Å². The second-order valence-electron chi connectivity index (χ2n) is 6.17. The molecule has 0 bridgehead atoms. The van der Waals surface area contributed by atoms with Crippen LogP contribution in [0.3, 0.4) is 0 Å². The van der Waals surface area contributed by atoms with Gasteiger partial charge in [0.1, 0.15) is 0 Å². The van der Waals surface area contributed by atoms with Gasteiger partial charge in [-0.25, -0.2) is 13.2 Å². The number of piperidine rings is 1. The number of sulfonamides is 1. The van der Waals surface area contributed by atoms with E-state index in [4.69, 9.17) is 0 Å². The van der Waals surface area contributed by atoms with Crippen molar-refractivity contribution in [3.05, 3.63) is 29.3 Å². The summed E-state index contributed by atoms with van der Waals surface area (Å²) in [6.45, 7) is 3.71. The summed E-state index contributed by atoms with van der Waals surface area (Å²) >= 11 is 0. The number of nitrogens with zero attached hydrogens (tertiary/aromatic N) is 1. The lowest BCUT2D eigenvalue weighted by molar-refractivity contribution is -0.143. The van der Waals surface area contributed by atoms with Crippen molar-refractivity contribution in [1.29, 1.82) is 0 Å². The van der Waals surface area contributed by atoms with E-state index in [1.807, 2.05) is 6.92 Å². The van der Waals surface area contributed by atoms with Crippen molar-refractivity contribution in [2.75, 3.05) is 20.2 Å². The Bertz CT molecular complexity index is 758. The van der Waals surface area contributed by atoms with Crippen molar-refractivity contribution in [3.8, 4) is 0 Å². The summed E-state index contributed by atoms with van der Waals surface area (Å²) in [6, 6.07) is 4.18. The first kappa shape index (κ1) is 18.4. The van der Waals surface area contributed by atoms with E-state index < -0.39 is 27.9 Å². The predicted octanol–water partition coefficient (Wildman–Crippen LogP) is 1.51. The van der Waals surface area contributed by atoms with Crippen LogP contribution in [0.1, 0.15) is 29.3 Å². The summed E-state index contributed by atoms with van der Waals surface area (Å²) in [7, 11) is -2.56. The highest BCUT2D eigenvalue weighted by molar-refractivity contribution is 7.89. The van der Waals surface area contributed by atoms with Crippen molar-refractivity contribution >= 4 is 22.0 Å². The molecule has 1 N–H and O–H groups in total. The molecule has 0 amide bonds. The number of carbonyl (C=O) groups is 2. The van der Waals surface area contributed by atoms with Crippen LogP contribution in [-0.2, 0) is 19.6 Å². The zero-order valence-corrected chi connectivity index (χ0v) is 14.7. The minimum Gasteiger partial charge on any atom is -0.481 e. The summed E-state index contributed by atoms with van der Waals surface area (Å²) < 4.78 is 31.5. The maximum Gasteiger partial charge on any atom is 0.338 e. The van der Waals surface area contributed by atoms with Gasteiger partial charge in [-0.2, -0.15) is 4.31 Å². The molecule has 1 aliphatic heterocycles. The number of hydrogen-bond acceptors (Lipinski definition) is 5. The van der Waals surface area contributed by atoms with Crippen LogP contribution in [0.15, 0.2) is 23.1 Å². The fraction of sp³-hybridized carbons (Fsp3) is 0.500. The zero-order chi connectivity index (χ0) is 18.1. The van der Waals surface area contributed by atoms with Crippen molar-refractivity contribution < 1.29 is 27.9 Å². The molecule has 2 rings (SSSR count). The van der Waals surface area contributed by atoms with Gasteiger partial charge in [-0.05, 0) is 43.0 Å². The molecule has 1 heterocycles. The number of ether oxygens (including phenoxy) is 1. The average molecular weight is 355 g/mol. The summed E-state index contributed by atoms with van der Waals surface area (Å²) in [5, 5.41) is 9.21. The minimum atomic E-state index is -3.82. The van der Waals surface area contributed by atoms with E-state index in [-0.39, 0.29) is 23.9 Å². The number of carboxylic acid groups (broad SMARTS) is 1. The Labute approximate surface area is 141 Å². The molecule has 2 atom stereocenters. The zero-order valence-electron chi connectivity index (χ0n) is 13.9. The molecule has 1 aromatic rings. The van der Waals surface area contributed by atoms with Gasteiger partial charge in [0, 0.05) is 13.1 Å². The average Bonchev–Trinajstić information content (AvgIpc) is 2.53. The van der Waals surface area contributed by atoms with Gasteiger partial charge in [0.2, 0.25) is 10.0 Å². The van der Waals surface area contributed by atoms with Gasteiger partial charge in [-0.3, -0.25) is 4.79 Å². The van der Waals surface area contributed by atoms with Gasteiger partial charge in [0.05, 0.1) is 23.5 Å². The molecule has 0 radical (unpaired) electrons. The topological polar surface area (TPSA) is 101 Å². The number of aryl methyl sites for hydroxylation is 1. The summed E-state index contributed by atoms with van der Waals surface area (Å²) in [6.07, 6.45) is 0.460. The second kappa shape index (κ2) is 6.90. The molecule has 1 aliphatic rings. The van der Waals surface area contributed by atoms with Gasteiger partial charge in [-0.1, -0.05) is 6.92 Å².